The van der Waals surface area contributed by atoms with Crippen molar-refractivity contribution in [3.63, 3.8) is 0 Å². The molecule has 1 aromatic rings. The Hall–Kier alpha value is -1.64. The number of aryl methyl sites for hydroxylation is 2. The van der Waals surface area contributed by atoms with Crippen LogP contribution in [0.1, 0.15) is 45.5 Å². The number of Topliss-reactive ketones (excluding diaryl/α,β-unsaturated/α-hetero) is 1. The Labute approximate surface area is 115 Å². The minimum Gasteiger partial charge on any atom is -0.349 e. The van der Waals surface area contributed by atoms with Crippen molar-refractivity contribution in [3.05, 3.63) is 33.9 Å². The number of ketones is 1. The second kappa shape index (κ2) is 6.00. The van der Waals surface area contributed by atoms with E-state index in [9.17, 15) is 9.59 Å². The monoisotopic (exact) mass is 261 g/mol. The molecule has 1 amide bonds. The van der Waals surface area contributed by atoms with Gasteiger partial charge in [0.1, 0.15) is 0 Å². The van der Waals surface area contributed by atoms with E-state index < -0.39 is 0 Å². The topological polar surface area (TPSA) is 37.4 Å². The smallest absolute Gasteiger partial charge is 0.222 e. The molecule has 3 heteroatoms. The lowest BCUT2D eigenvalue weighted by atomic mass is 9.90. The highest BCUT2D eigenvalue weighted by Gasteiger charge is 2.17. The molecule has 0 atom stereocenters. The molecule has 0 radical (unpaired) electrons. The summed E-state index contributed by atoms with van der Waals surface area (Å²) in [5.41, 5.74) is 5.12. The molecular weight excluding hydrogens is 238 g/mol. The van der Waals surface area contributed by atoms with Crippen LogP contribution in [0.15, 0.2) is 6.07 Å². The number of rotatable bonds is 4. The maximum Gasteiger partial charge on any atom is 0.222 e. The first-order valence-electron chi connectivity index (χ1n) is 6.56. The SMILES string of the molecule is Cc1cc(C)c(C)c(C(=O)CCC(=O)N(C)C)c1C. The third-order valence-electron chi connectivity index (χ3n) is 3.71. The fraction of sp³-hybridized carbons (Fsp3) is 0.500. The van der Waals surface area contributed by atoms with Crippen LogP contribution in [0.25, 0.3) is 0 Å². The summed E-state index contributed by atoms with van der Waals surface area (Å²) < 4.78 is 0. The van der Waals surface area contributed by atoms with E-state index in [0.717, 1.165) is 27.8 Å². The Kier molecular flexibility index (Phi) is 4.87. The number of nitrogens with zero attached hydrogens (tertiary/aromatic N) is 1. The number of hydrogen-bond acceptors (Lipinski definition) is 2. The third kappa shape index (κ3) is 3.43. The van der Waals surface area contributed by atoms with E-state index in [1.54, 1.807) is 14.1 Å². The van der Waals surface area contributed by atoms with Crippen molar-refractivity contribution < 1.29 is 9.59 Å². The van der Waals surface area contributed by atoms with Gasteiger partial charge in [-0.2, -0.15) is 0 Å². The second-order valence-electron chi connectivity index (χ2n) is 5.35. The highest BCUT2D eigenvalue weighted by atomic mass is 16.2. The minimum absolute atomic E-state index is 0.00645. The maximum atomic E-state index is 12.3. The highest BCUT2D eigenvalue weighted by Crippen LogP contribution is 2.23. The molecule has 1 aromatic carbocycles. The summed E-state index contributed by atoms with van der Waals surface area (Å²) in [7, 11) is 3.42. The lowest BCUT2D eigenvalue weighted by Crippen LogP contribution is -2.22. The quantitative estimate of drug-likeness (QED) is 0.781. The first-order valence-corrected chi connectivity index (χ1v) is 6.56. The molecule has 0 aliphatic carbocycles. The van der Waals surface area contributed by atoms with E-state index >= 15 is 0 Å². The number of hydrogen-bond donors (Lipinski definition) is 0. The van der Waals surface area contributed by atoms with Gasteiger partial charge in [0.2, 0.25) is 5.91 Å². The van der Waals surface area contributed by atoms with Crippen LogP contribution in [0.3, 0.4) is 0 Å². The summed E-state index contributed by atoms with van der Waals surface area (Å²) in [6.07, 6.45) is 0.555. The van der Waals surface area contributed by atoms with Gasteiger partial charge in [-0.15, -0.1) is 0 Å². The van der Waals surface area contributed by atoms with Gasteiger partial charge in [0, 0.05) is 32.5 Å². The van der Waals surface area contributed by atoms with Crippen LogP contribution in [0.4, 0.5) is 0 Å². The maximum absolute atomic E-state index is 12.3. The van der Waals surface area contributed by atoms with Crippen LogP contribution in [0.2, 0.25) is 0 Å². The molecule has 0 bridgehead atoms. The predicted molar refractivity (Wildman–Crippen MR) is 77.6 cm³/mol. The first-order chi connectivity index (χ1) is 8.75. The third-order valence-corrected chi connectivity index (χ3v) is 3.71. The molecule has 3 nitrogen and oxygen atoms in total. The van der Waals surface area contributed by atoms with E-state index in [1.165, 1.54) is 4.90 Å². The van der Waals surface area contributed by atoms with Gasteiger partial charge in [0.25, 0.3) is 0 Å². The molecule has 0 saturated carbocycles. The molecule has 1 rings (SSSR count). The number of carbonyl (C=O) groups is 2. The van der Waals surface area contributed by atoms with Crippen LogP contribution >= 0.6 is 0 Å². The first kappa shape index (κ1) is 15.4. The zero-order chi connectivity index (χ0) is 14.7. The molecule has 0 unspecified atom stereocenters. The van der Waals surface area contributed by atoms with Crippen molar-refractivity contribution in [1.82, 2.24) is 4.90 Å². The molecule has 0 heterocycles. The Morgan fingerprint density at radius 3 is 1.84 bits per heavy atom. The van der Waals surface area contributed by atoms with Crippen LogP contribution in [0, 0.1) is 27.7 Å². The van der Waals surface area contributed by atoms with Gasteiger partial charge in [0.05, 0.1) is 0 Å². The molecule has 0 fully saturated rings. The van der Waals surface area contributed by atoms with Crippen molar-refractivity contribution in [2.75, 3.05) is 14.1 Å². The number of benzene rings is 1. The zero-order valence-corrected chi connectivity index (χ0v) is 12.8. The predicted octanol–water partition coefficient (Wildman–Crippen LogP) is 2.97. The molecule has 19 heavy (non-hydrogen) atoms. The van der Waals surface area contributed by atoms with E-state index in [2.05, 4.69) is 6.07 Å². The molecule has 104 valence electrons. The van der Waals surface area contributed by atoms with E-state index in [4.69, 9.17) is 0 Å². The summed E-state index contributed by atoms with van der Waals surface area (Å²) in [4.78, 5) is 25.4. The van der Waals surface area contributed by atoms with Crippen molar-refractivity contribution in [1.29, 1.82) is 0 Å². The average Bonchev–Trinajstić information content (AvgIpc) is 2.33. The summed E-state index contributed by atoms with van der Waals surface area (Å²) in [5.74, 6) is 0.0602. The lowest BCUT2D eigenvalue weighted by molar-refractivity contribution is -0.128. The Balaban J connectivity index is 2.98. The van der Waals surface area contributed by atoms with E-state index in [-0.39, 0.29) is 24.5 Å². The van der Waals surface area contributed by atoms with Gasteiger partial charge in [-0.3, -0.25) is 9.59 Å². The second-order valence-corrected chi connectivity index (χ2v) is 5.35. The summed E-state index contributed by atoms with van der Waals surface area (Å²) in [5, 5.41) is 0. The Morgan fingerprint density at radius 2 is 1.42 bits per heavy atom. The van der Waals surface area contributed by atoms with Crippen molar-refractivity contribution in [3.8, 4) is 0 Å². The van der Waals surface area contributed by atoms with Crippen molar-refractivity contribution in [2.45, 2.75) is 40.5 Å². The summed E-state index contributed by atoms with van der Waals surface area (Å²) >= 11 is 0. The number of carbonyl (C=O) groups excluding carboxylic acids is 2. The van der Waals surface area contributed by atoms with Gasteiger partial charge in [0.15, 0.2) is 5.78 Å². The van der Waals surface area contributed by atoms with Crippen LogP contribution < -0.4 is 0 Å². The average molecular weight is 261 g/mol. The molecule has 0 aliphatic rings. The molecule has 0 N–H and O–H groups in total. The molecule has 0 aromatic heterocycles. The van der Waals surface area contributed by atoms with Gasteiger partial charge in [-0.25, -0.2) is 0 Å². The van der Waals surface area contributed by atoms with Gasteiger partial charge >= 0.3 is 0 Å². The fourth-order valence-electron chi connectivity index (χ4n) is 2.20. The van der Waals surface area contributed by atoms with Crippen LogP contribution in [-0.2, 0) is 4.79 Å². The summed E-state index contributed by atoms with van der Waals surface area (Å²) in [6, 6.07) is 2.10. The fourth-order valence-corrected chi connectivity index (χ4v) is 2.20. The minimum atomic E-state index is -0.00645. The Morgan fingerprint density at radius 1 is 0.947 bits per heavy atom. The molecule has 0 spiro atoms. The van der Waals surface area contributed by atoms with E-state index in [1.807, 2.05) is 27.7 Å². The standard InChI is InChI=1S/C16H23NO2/c1-10-9-11(2)13(4)16(12(10)3)14(18)7-8-15(19)17(5)6/h9H,7-8H2,1-6H3. The van der Waals surface area contributed by atoms with Gasteiger partial charge in [-0.05, 0) is 49.9 Å². The highest BCUT2D eigenvalue weighted by molar-refractivity contribution is 6.00. The zero-order valence-electron chi connectivity index (χ0n) is 12.8. The molecular formula is C16H23NO2. The van der Waals surface area contributed by atoms with Gasteiger partial charge < -0.3 is 4.90 Å². The van der Waals surface area contributed by atoms with Crippen molar-refractivity contribution >= 4 is 11.7 Å². The van der Waals surface area contributed by atoms with Crippen LogP contribution in [0.5, 0.6) is 0 Å². The van der Waals surface area contributed by atoms with Gasteiger partial charge in [-0.1, -0.05) is 6.07 Å². The summed E-state index contributed by atoms with van der Waals surface area (Å²) in [6.45, 7) is 7.98. The normalized spacial score (nSPS) is 10.4. The lowest BCUT2D eigenvalue weighted by Gasteiger charge is -2.15. The van der Waals surface area contributed by atoms with Crippen molar-refractivity contribution in [2.24, 2.45) is 0 Å². The van der Waals surface area contributed by atoms with E-state index in [0.29, 0.717) is 0 Å². The molecule has 0 aliphatic heterocycles. The Bertz CT molecular complexity index is 490. The van der Waals surface area contributed by atoms with Crippen LogP contribution in [-0.4, -0.2) is 30.7 Å². The molecule has 0 saturated heterocycles. The largest absolute Gasteiger partial charge is 0.349 e. The number of amides is 1.